The number of H-pyrrole nitrogens is 1. The average molecular weight is 337 g/mol. The monoisotopic (exact) mass is 337 g/mol. The molecule has 0 spiro atoms. The van der Waals surface area contributed by atoms with Gasteiger partial charge in [0.05, 0.1) is 19.1 Å². The van der Waals surface area contributed by atoms with Gasteiger partial charge in [0.15, 0.2) is 0 Å². The summed E-state index contributed by atoms with van der Waals surface area (Å²) in [6, 6.07) is 11.2. The molecule has 1 atom stereocenters. The van der Waals surface area contributed by atoms with Crippen molar-refractivity contribution in [3.63, 3.8) is 0 Å². The molecule has 0 fully saturated rings. The molecule has 3 heterocycles. The van der Waals surface area contributed by atoms with Crippen LogP contribution in [0.25, 0.3) is 11.3 Å². The number of aromatic amines is 1. The summed E-state index contributed by atoms with van der Waals surface area (Å²) in [5.74, 6) is 1.49. The van der Waals surface area contributed by atoms with Crippen molar-refractivity contribution in [3.8, 4) is 17.0 Å². The first-order chi connectivity index (χ1) is 12.2. The summed E-state index contributed by atoms with van der Waals surface area (Å²) in [4.78, 5) is 14.7. The van der Waals surface area contributed by atoms with E-state index < -0.39 is 0 Å². The second-order valence-corrected chi connectivity index (χ2v) is 6.01. The summed E-state index contributed by atoms with van der Waals surface area (Å²) in [5.41, 5.74) is 3.12. The summed E-state index contributed by atoms with van der Waals surface area (Å²) in [7, 11) is 1.63. The lowest BCUT2D eigenvalue weighted by atomic mass is 10.00. The Morgan fingerprint density at radius 1 is 1.28 bits per heavy atom. The first-order valence-corrected chi connectivity index (χ1v) is 8.31. The number of methoxy groups -OCH3 is 1. The van der Waals surface area contributed by atoms with Gasteiger partial charge in [-0.25, -0.2) is 0 Å². The molecule has 25 heavy (non-hydrogen) atoms. The molecule has 0 saturated carbocycles. The predicted octanol–water partition coefficient (Wildman–Crippen LogP) is 3.63. The topological polar surface area (TPSA) is 71.4 Å². The highest BCUT2D eigenvalue weighted by Gasteiger charge is 2.43. The lowest BCUT2D eigenvalue weighted by Gasteiger charge is -2.23. The molecule has 2 aromatic heterocycles. The maximum Gasteiger partial charge on any atom is 0.273 e. The molecule has 4 rings (SSSR count). The number of ether oxygens (including phenoxy) is 1. The molecule has 6 heteroatoms. The highest BCUT2D eigenvalue weighted by molar-refractivity contribution is 6.00. The molecule has 0 bridgehead atoms. The van der Waals surface area contributed by atoms with Gasteiger partial charge in [-0.3, -0.25) is 9.89 Å². The van der Waals surface area contributed by atoms with Gasteiger partial charge in [0.2, 0.25) is 0 Å². The molecule has 1 aliphatic heterocycles. The highest BCUT2D eigenvalue weighted by atomic mass is 16.5. The first-order valence-electron chi connectivity index (χ1n) is 8.31. The lowest BCUT2D eigenvalue weighted by Crippen LogP contribution is -2.30. The van der Waals surface area contributed by atoms with Crippen LogP contribution in [0.4, 0.5) is 0 Å². The van der Waals surface area contributed by atoms with Crippen LogP contribution in [-0.2, 0) is 0 Å². The lowest BCUT2D eigenvalue weighted by molar-refractivity contribution is 0.0730. The molecule has 6 nitrogen and oxygen atoms in total. The molecule has 1 N–H and O–H groups in total. The van der Waals surface area contributed by atoms with Gasteiger partial charge in [0, 0.05) is 17.7 Å². The molecule has 1 unspecified atom stereocenters. The van der Waals surface area contributed by atoms with Crippen LogP contribution in [0.2, 0.25) is 0 Å². The van der Waals surface area contributed by atoms with Gasteiger partial charge >= 0.3 is 0 Å². The summed E-state index contributed by atoms with van der Waals surface area (Å²) >= 11 is 0. The van der Waals surface area contributed by atoms with Crippen LogP contribution in [-0.4, -0.2) is 34.7 Å². The van der Waals surface area contributed by atoms with E-state index in [1.54, 1.807) is 13.4 Å². The minimum atomic E-state index is -0.256. The Balaban J connectivity index is 1.84. The molecule has 1 aromatic carbocycles. The van der Waals surface area contributed by atoms with Gasteiger partial charge in [0.1, 0.15) is 23.2 Å². The van der Waals surface area contributed by atoms with Crippen molar-refractivity contribution in [2.24, 2.45) is 0 Å². The fourth-order valence-electron chi connectivity index (χ4n) is 3.38. The van der Waals surface area contributed by atoms with Crippen LogP contribution < -0.4 is 4.74 Å². The fourth-order valence-corrected chi connectivity index (χ4v) is 3.38. The molecule has 1 amide bonds. The van der Waals surface area contributed by atoms with Crippen molar-refractivity contribution in [1.82, 2.24) is 15.1 Å². The highest BCUT2D eigenvalue weighted by Crippen LogP contribution is 2.42. The number of carbonyl (C=O) groups excluding carboxylic acids is 1. The average Bonchev–Trinajstić information content (AvgIpc) is 3.35. The Kier molecular flexibility index (Phi) is 3.80. The summed E-state index contributed by atoms with van der Waals surface area (Å²) in [6.07, 6.45) is 2.51. The Morgan fingerprint density at radius 2 is 2.08 bits per heavy atom. The quantitative estimate of drug-likeness (QED) is 0.772. The van der Waals surface area contributed by atoms with Gasteiger partial charge in [-0.05, 0) is 42.8 Å². The molecule has 1 aliphatic rings. The zero-order chi connectivity index (χ0) is 17.4. The minimum Gasteiger partial charge on any atom is -0.497 e. The molecule has 0 radical (unpaired) electrons. The first kappa shape index (κ1) is 15.5. The standard InChI is InChI=1S/C19H19N3O3/c1-3-10-22-18(14-5-4-11-25-14)15-16(20-21-17(15)19(22)23)12-6-8-13(24-2)9-7-12/h4-9,11,18H,3,10H2,1-2H3,(H,20,21). The molecular weight excluding hydrogens is 318 g/mol. The van der Waals surface area contributed by atoms with E-state index in [9.17, 15) is 4.79 Å². The van der Waals surface area contributed by atoms with E-state index in [1.807, 2.05) is 41.3 Å². The fraction of sp³-hybridized carbons (Fsp3) is 0.263. The Morgan fingerprint density at radius 3 is 2.72 bits per heavy atom. The van der Waals surface area contributed by atoms with E-state index in [4.69, 9.17) is 9.15 Å². The van der Waals surface area contributed by atoms with Crippen molar-refractivity contribution in [3.05, 3.63) is 59.7 Å². The maximum absolute atomic E-state index is 12.8. The molecule has 0 aliphatic carbocycles. The van der Waals surface area contributed by atoms with Crippen molar-refractivity contribution < 1.29 is 13.9 Å². The number of rotatable bonds is 5. The van der Waals surface area contributed by atoms with Crippen molar-refractivity contribution >= 4 is 5.91 Å². The molecule has 3 aromatic rings. The van der Waals surface area contributed by atoms with E-state index in [0.29, 0.717) is 12.2 Å². The number of carbonyl (C=O) groups is 1. The van der Waals surface area contributed by atoms with Crippen LogP contribution in [0, 0.1) is 0 Å². The summed E-state index contributed by atoms with van der Waals surface area (Å²) in [6.45, 7) is 2.72. The Labute approximate surface area is 145 Å². The normalized spacial score (nSPS) is 16.3. The molecular formula is C19H19N3O3. The van der Waals surface area contributed by atoms with E-state index >= 15 is 0 Å². The van der Waals surface area contributed by atoms with E-state index in [0.717, 1.165) is 34.8 Å². The number of amides is 1. The summed E-state index contributed by atoms with van der Waals surface area (Å²) < 4.78 is 10.9. The predicted molar refractivity (Wildman–Crippen MR) is 92.5 cm³/mol. The minimum absolute atomic E-state index is 0.0366. The van der Waals surface area contributed by atoms with Gasteiger partial charge in [-0.1, -0.05) is 6.92 Å². The number of nitrogens with one attached hydrogen (secondary N) is 1. The third-order valence-corrected chi connectivity index (χ3v) is 4.50. The smallest absolute Gasteiger partial charge is 0.273 e. The van der Waals surface area contributed by atoms with Crippen molar-refractivity contribution in [2.75, 3.05) is 13.7 Å². The van der Waals surface area contributed by atoms with Crippen LogP contribution in [0.3, 0.4) is 0 Å². The van der Waals surface area contributed by atoms with Gasteiger partial charge < -0.3 is 14.1 Å². The van der Waals surface area contributed by atoms with Gasteiger partial charge in [0.25, 0.3) is 5.91 Å². The number of nitrogens with zero attached hydrogens (tertiary/aromatic N) is 2. The van der Waals surface area contributed by atoms with Crippen LogP contribution >= 0.6 is 0 Å². The number of fused-ring (bicyclic) bond motifs is 1. The molecule has 0 saturated heterocycles. The zero-order valence-electron chi connectivity index (χ0n) is 14.2. The van der Waals surface area contributed by atoms with Crippen LogP contribution in [0.5, 0.6) is 5.75 Å². The largest absolute Gasteiger partial charge is 0.497 e. The van der Waals surface area contributed by atoms with Crippen molar-refractivity contribution in [2.45, 2.75) is 19.4 Å². The van der Waals surface area contributed by atoms with Crippen molar-refractivity contribution in [1.29, 1.82) is 0 Å². The van der Waals surface area contributed by atoms with E-state index in [1.165, 1.54) is 0 Å². The number of hydrogen-bond donors (Lipinski definition) is 1. The Bertz CT molecular complexity index is 881. The van der Waals surface area contributed by atoms with E-state index in [2.05, 4.69) is 17.1 Å². The van der Waals surface area contributed by atoms with Crippen LogP contribution in [0.1, 0.15) is 41.2 Å². The Hall–Kier alpha value is -3.02. The second-order valence-electron chi connectivity index (χ2n) is 6.01. The number of furan rings is 1. The SMILES string of the molecule is CCCN1C(=O)c2[nH]nc(-c3ccc(OC)cc3)c2C1c1ccco1. The zero-order valence-corrected chi connectivity index (χ0v) is 14.2. The number of aromatic nitrogens is 2. The van der Waals surface area contributed by atoms with Gasteiger partial charge in [-0.2, -0.15) is 5.10 Å². The van der Waals surface area contributed by atoms with Crippen LogP contribution in [0.15, 0.2) is 47.1 Å². The van der Waals surface area contributed by atoms with E-state index in [-0.39, 0.29) is 11.9 Å². The number of hydrogen-bond acceptors (Lipinski definition) is 4. The third kappa shape index (κ3) is 2.41. The second kappa shape index (κ2) is 6.12. The number of benzene rings is 1. The molecule has 128 valence electrons. The van der Waals surface area contributed by atoms with Gasteiger partial charge in [-0.15, -0.1) is 0 Å². The summed E-state index contributed by atoms with van der Waals surface area (Å²) in [5, 5.41) is 7.34. The third-order valence-electron chi connectivity index (χ3n) is 4.50. The maximum atomic E-state index is 12.8.